The minimum Gasteiger partial charge on any atom is -0.462 e. The van der Waals surface area contributed by atoms with E-state index in [0.717, 1.165) is 37.7 Å². The molecule has 24 heavy (non-hydrogen) atoms. The SMILES string of the molecule is C=C(C)C(=O)OCCCCCCCC(=O)NCc1cccc(N)c1. The third-order valence-electron chi connectivity index (χ3n) is 3.57. The number of benzene rings is 1. The van der Waals surface area contributed by atoms with Crippen molar-refractivity contribution in [1.29, 1.82) is 0 Å². The van der Waals surface area contributed by atoms with Gasteiger partial charge in [0.25, 0.3) is 0 Å². The van der Waals surface area contributed by atoms with Gasteiger partial charge in [0.05, 0.1) is 6.61 Å². The van der Waals surface area contributed by atoms with Crippen LogP contribution in [0.15, 0.2) is 36.4 Å². The van der Waals surface area contributed by atoms with Gasteiger partial charge in [-0.25, -0.2) is 4.79 Å². The molecule has 0 heterocycles. The average molecular weight is 332 g/mol. The molecule has 1 aromatic carbocycles. The third-order valence-corrected chi connectivity index (χ3v) is 3.57. The monoisotopic (exact) mass is 332 g/mol. The number of rotatable bonds is 11. The van der Waals surface area contributed by atoms with Crippen molar-refractivity contribution in [3.63, 3.8) is 0 Å². The van der Waals surface area contributed by atoms with E-state index in [1.54, 1.807) is 6.92 Å². The first-order valence-electron chi connectivity index (χ1n) is 8.43. The van der Waals surface area contributed by atoms with Gasteiger partial charge in [0, 0.05) is 24.2 Å². The highest BCUT2D eigenvalue weighted by Crippen LogP contribution is 2.08. The minimum atomic E-state index is -0.327. The lowest BCUT2D eigenvalue weighted by atomic mass is 10.1. The number of nitrogen functional groups attached to an aromatic ring is 1. The Morgan fingerprint density at radius 2 is 1.88 bits per heavy atom. The van der Waals surface area contributed by atoms with Crippen molar-refractivity contribution in [2.24, 2.45) is 0 Å². The van der Waals surface area contributed by atoms with Gasteiger partial charge in [0.15, 0.2) is 0 Å². The first kappa shape index (κ1) is 19.7. The van der Waals surface area contributed by atoms with E-state index in [4.69, 9.17) is 10.5 Å². The standard InChI is InChI=1S/C19H28N2O3/c1-15(2)19(23)24-12-7-5-3-4-6-11-18(22)21-14-16-9-8-10-17(20)13-16/h8-10,13H,1,3-7,11-12,14,20H2,2H3,(H,21,22). The van der Waals surface area contributed by atoms with Crippen molar-refractivity contribution in [2.45, 2.75) is 52.0 Å². The fraction of sp³-hybridized carbons (Fsp3) is 0.474. The Balaban J connectivity index is 1.98. The summed E-state index contributed by atoms with van der Waals surface area (Å²) in [6, 6.07) is 7.51. The highest BCUT2D eigenvalue weighted by Gasteiger charge is 2.03. The van der Waals surface area contributed by atoms with Crippen LogP contribution in [0.3, 0.4) is 0 Å². The Hall–Kier alpha value is -2.30. The van der Waals surface area contributed by atoms with E-state index in [1.165, 1.54) is 0 Å². The molecule has 0 unspecified atom stereocenters. The average Bonchev–Trinajstić information content (AvgIpc) is 2.55. The predicted octanol–water partition coefficient (Wildman–Crippen LogP) is 3.34. The second-order valence-corrected chi connectivity index (χ2v) is 5.96. The van der Waals surface area contributed by atoms with E-state index >= 15 is 0 Å². The van der Waals surface area contributed by atoms with Gasteiger partial charge in [0.1, 0.15) is 0 Å². The maximum Gasteiger partial charge on any atom is 0.333 e. The number of amides is 1. The van der Waals surface area contributed by atoms with Gasteiger partial charge >= 0.3 is 5.97 Å². The molecule has 5 heteroatoms. The second kappa shape index (κ2) is 11.3. The summed E-state index contributed by atoms with van der Waals surface area (Å²) in [5.74, 6) is -0.264. The predicted molar refractivity (Wildman–Crippen MR) is 96.2 cm³/mol. The Bertz CT molecular complexity index is 555. The lowest BCUT2D eigenvalue weighted by Crippen LogP contribution is -2.22. The quantitative estimate of drug-likeness (QED) is 0.282. The topological polar surface area (TPSA) is 81.4 Å². The Morgan fingerprint density at radius 3 is 2.58 bits per heavy atom. The normalized spacial score (nSPS) is 10.2. The molecule has 132 valence electrons. The fourth-order valence-electron chi connectivity index (χ4n) is 2.20. The number of esters is 1. The molecular weight excluding hydrogens is 304 g/mol. The van der Waals surface area contributed by atoms with E-state index in [1.807, 2.05) is 24.3 Å². The zero-order valence-corrected chi connectivity index (χ0v) is 14.5. The van der Waals surface area contributed by atoms with Crippen LogP contribution in [0.4, 0.5) is 5.69 Å². The van der Waals surface area contributed by atoms with Crippen LogP contribution < -0.4 is 11.1 Å². The van der Waals surface area contributed by atoms with Crippen molar-refractivity contribution >= 4 is 17.6 Å². The first-order chi connectivity index (χ1) is 11.5. The Morgan fingerprint density at radius 1 is 1.17 bits per heavy atom. The van der Waals surface area contributed by atoms with Crippen molar-refractivity contribution in [2.75, 3.05) is 12.3 Å². The van der Waals surface area contributed by atoms with E-state index in [9.17, 15) is 9.59 Å². The van der Waals surface area contributed by atoms with Crippen LogP contribution in [0.2, 0.25) is 0 Å². The maximum atomic E-state index is 11.8. The fourth-order valence-corrected chi connectivity index (χ4v) is 2.20. The largest absolute Gasteiger partial charge is 0.462 e. The number of hydrogen-bond acceptors (Lipinski definition) is 4. The highest BCUT2D eigenvalue weighted by atomic mass is 16.5. The van der Waals surface area contributed by atoms with Crippen LogP contribution in [0.25, 0.3) is 0 Å². The molecule has 0 spiro atoms. The maximum absolute atomic E-state index is 11.8. The lowest BCUT2D eigenvalue weighted by molar-refractivity contribution is -0.139. The van der Waals surface area contributed by atoms with E-state index < -0.39 is 0 Å². The van der Waals surface area contributed by atoms with Crippen LogP contribution in [-0.4, -0.2) is 18.5 Å². The molecule has 0 aromatic heterocycles. The van der Waals surface area contributed by atoms with Gasteiger partial charge < -0.3 is 15.8 Å². The first-order valence-corrected chi connectivity index (χ1v) is 8.43. The minimum absolute atomic E-state index is 0.0628. The summed E-state index contributed by atoms with van der Waals surface area (Å²) in [6.45, 7) is 6.12. The second-order valence-electron chi connectivity index (χ2n) is 5.96. The zero-order chi connectivity index (χ0) is 17.8. The smallest absolute Gasteiger partial charge is 0.333 e. The summed E-state index contributed by atoms with van der Waals surface area (Å²) < 4.78 is 5.02. The summed E-state index contributed by atoms with van der Waals surface area (Å²) in [7, 11) is 0. The molecule has 0 saturated heterocycles. The van der Waals surface area contributed by atoms with Gasteiger partial charge in [-0.3, -0.25) is 4.79 Å². The number of unbranched alkanes of at least 4 members (excludes halogenated alkanes) is 4. The number of carbonyl (C=O) groups excluding carboxylic acids is 2. The molecule has 0 aliphatic carbocycles. The van der Waals surface area contributed by atoms with Gasteiger partial charge in [-0.2, -0.15) is 0 Å². The molecule has 0 fully saturated rings. The number of ether oxygens (including phenoxy) is 1. The molecule has 0 saturated carbocycles. The van der Waals surface area contributed by atoms with Crippen molar-refractivity contribution in [3.8, 4) is 0 Å². The van der Waals surface area contributed by atoms with Crippen LogP contribution in [0, 0.1) is 0 Å². The summed E-state index contributed by atoms with van der Waals surface area (Å²) in [5, 5.41) is 2.90. The van der Waals surface area contributed by atoms with Gasteiger partial charge in [-0.05, 0) is 37.5 Å². The van der Waals surface area contributed by atoms with E-state index in [-0.39, 0.29) is 11.9 Å². The van der Waals surface area contributed by atoms with Crippen molar-refractivity contribution in [1.82, 2.24) is 5.32 Å². The summed E-state index contributed by atoms with van der Waals surface area (Å²) >= 11 is 0. The van der Waals surface area contributed by atoms with Crippen LogP contribution in [-0.2, 0) is 20.9 Å². The van der Waals surface area contributed by atoms with Crippen molar-refractivity contribution in [3.05, 3.63) is 42.0 Å². The molecule has 1 rings (SSSR count). The molecule has 1 amide bonds. The number of carbonyl (C=O) groups is 2. The zero-order valence-electron chi connectivity index (χ0n) is 14.5. The number of anilines is 1. The van der Waals surface area contributed by atoms with E-state index in [0.29, 0.717) is 30.8 Å². The molecule has 5 nitrogen and oxygen atoms in total. The summed E-state index contributed by atoms with van der Waals surface area (Å²) in [5.41, 5.74) is 7.84. The van der Waals surface area contributed by atoms with Crippen LogP contribution in [0.1, 0.15) is 51.0 Å². The van der Waals surface area contributed by atoms with Crippen molar-refractivity contribution < 1.29 is 14.3 Å². The summed E-state index contributed by atoms with van der Waals surface area (Å²) in [4.78, 5) is 22.9. The molecular formula is C19H28N2O3. The molecule has 0 bridgehead atoms. The van der Waals surface area contributed by atoms with Gasteiger partial charge in [0.2, 0.25) is 5.91 Å². The van der Waals surface area contributed by atoms with Gasteiger partial charge in [-0.15, -0.1) is 0 Å². The molecule has 0 atom stereocenters. The van der Waals surface area contributed by atoms with Crippen LogP contribution >= 0.6 is 0 Å². The summed E-state index contributed by atoms with van der Waals surface area (Å²) in [6.07, 6.45) is 5.28. The Labute approximate surface area is 144 Å². The molecule has 3 N–H and O–H groups in total. The van der Waals surface area contributed by atoms with E-state index in [2.05, 4.69) is 11.9 Å². The van der Waals surface area contributed by atoms with Gasteiger partial charge in [-0.1, -0.05) is 38.0 Å². The lowest BCUT2D eigenvalue weighted by Gasteiger charge is -2.06. The number of hydrogen-bond donors (Lipinski definition) is 2. The molecule has 0 aliphatic heterocycles. The third kappa shape index (κ3) is 8.98. The van der Waals surface area contributed by atoms with Crippen LogP contribution in [0.5, 0.6) is 0 Å². The molecule has 1 aromatic rings. The molecule has 0 aliphatic rings. The highest BCUT2D eigenvalue weighted by molar-refractivity contribution is 5.86. The number of nitrogens with one attached hydrogen (secondary N) is 1. The number of nitrogens with two attached hydrogens (primary N) is 1. The Kier molecular flexibility index (Phi) is 9.27. The molecule has 0 radical (unpaired) electrons.